The minimum absolute atomic E-state index is 0.0159. The first-order valence-corrected chi connectivity index (χ1v) is 8.09. The van der Waals surface area contributed by atoms with Crippen molar-refractivity contribution >= 4 is 35.2 Å². The van der Waals surface area contributed by atoms with Gasteiger partial charge < -0.3 is 4.74 Å². The summed E-state index contributed by atoms with van der Waals surface area (Å²) in [6, 6.07) is 15.2. The molecule has 0 unspecified atom stereocenters. The molecule has 0 atom stereocenters. The molecule has 2 N–H and O–H groups in total. The van der Waals surface area contributed by atoms with Gasteiger partial charge in [-0.25, -0.2) is 0 Å². The molecule has 1 fully saturated rings. The zero-order chi connectivity index (χ0) is 17.8. The number of nitrogens with one attached hydrogen (secondary N) is 2. The number of carbonyl (C=O) groups excluding carboxylic acids is 2. The Morgan fingerprint density at radius 3 is 2.28 bits per heavy atom. The molecule has 1 aliphatic heterocycles. The molecule has 0 aliphatic carbocycles. The summed E-state index contributed by atoms with van der Waals surface area (Å²) in [5.41, 5.74) is 3.04. The van der Waals surface area contributed by atoms with Gasteiger partial charge in [0.15, 0.2) is 5.11 Å². The molecule has 2 amide bonds. The van der Waals surface area contributed by atoms with Crippen LogP contribution in [0.5, 0.6) is 5.75 Å². The Morgan fingerprint density at radius 1 is 1.00 bits per heavy atom. The Morgan fingerprint density at radius 2 is 1.64 bits per heavy atom. The molecule has 25 heavy (non-hydrogen) atoms. The predicted molar refractivity (Wildman–Crippen MR) is 98.8 cm³/mol. The molecule has 1 saturated heterocycles. The highest BCUT2D eigenvalue weighted by atomic mass is 32.1. The van der Waals surface area contributed by atoms with E-state index in [1.165, 1.54) is 11.6 Å². The topological polar surface area (TPSA) is 67.4 Å². The van der Waals surface area contributed by atoms with Crippen molar-refractivity contribution in [3.8, 4) is 5.75 Å². The van der Waals surface area contributed by atoms with E-state index in [9.17, 15) is 9.59 Å². The highest BCUT2D eigenvalue weighted by molar-refractivity contribution is 7.80. The first-order chi connectivity index (χ1) is 12.0. The minimum Gasteiger partial charge on any atom is -0.489 e. The molecule has 1 aliphatic rings. The average molecular weight is 352 g/mol. The van der Waals surface area contributed by atoms with Gasteiger partial charge in [0.1, 0.15) is 17.9 Å². The summed E-state index contributed by atoms with van der Waals surface area (Å²) >= 11 is 4.77. The minimum atomic E-state index is -0.506. The number of benzene rings is 2. The van der Waals surface area contributed by atoms with Crippen LogP contribution in [0.2, 0.25) is 0 Å². The highest BCUT2D eigenvalue weighted by Gasteiger charge is 2.25. The summed E-state index contributed by atoms with van der Waals surface area (Å²) in [7, 11) is 0. The highest BCUT2D eigenvalue weighted by Crippen LogP contribution is 2.18. The molecule has 2 aromatic rings. The van der Waals surface area contributed by atoms with Gasteiger partial charge in [0.2, 0.25) is 0 Å². The molecule has 0 bridgehead atoms. The number of carbonyl (C=O) groups is 2. The van der Waals surface area contributed by atoms with E-state index in [-0.39, 0.29) is 10.7 Å². The lowest BCUT2D eigenvalue weighted by atomic mass is 10.1. The van der Waals surface area contributed by atoms with Gasteiger partial charge in [-0.15, -0.1) is 0 Å². The third-order valence-corrected chi connectivity index (χ3v) is 3.99. The van der Waals surface area contributed by atoms with Crippen LogP contribution in [-0.4, -0.2) is 16.9 Å². The number of ether oxygens (including phenoxy) is 1. The first kappa shape index (κ1) is 16.9. The van der Waals surface area contributed by atoms with Crippen molar-refractivity contribution in [2.75, 3.05) is 0 Å². The Kier molecular flexibility index (Phi) is 4.90. The van der Waals surface area contributed by atoms with Crippen molar-refractivity contribution in [2.45, 2.75) is 13.5 Å². The van der Waals surface area contributed by atoms with Crippen LogP contribution in [0.25, 0.3) is 6.08 Å². The van der Waals surface area contributed by atoms with Crippen LogP contribution in [-0.2, 0) is 16.2 Å². The van der Waals surface area contributed by atoms with Crippen LogP contribution in [0.15, 0.2) is 54.1 Å². The molecule has 0 spiro atoms. The van der Waals surface area contributed by atoms with Gasteiger partial charge in [-0.2, -0.15) is 0 Å². The van der Waals surface area contributed by atoms with Crippen LogP contribution in [0, 0.1) is 6.92 Å². The quantitative estimate of drug-likeness (QED) is 0.504. The normalized spacial score (nSPS) is 14.0. The number of hydrogen-bond acceptors (Lipinski definition) is 4. The third-order valence-electron chi connectivity index (χ3n) is 3.79. The van der Waals surface area contributed by atoms with Crippen LogP contribution < -0.4 is 15.4 Å². The molecular weight excluding hydrogens is 336 g/mol. The van der Waals surface area contributed by atoms with E-state index in [0.29, 0.717) is 12.4 Å². The second kappa shape index (κ2) is 7.27. The van der Waals surface area contributed by atoms with Crippen molar-refractivity contribution in [3.05, 3.63) is 70.8 Å². The molecule has 6 heteroatoms. The zero-order valence-corrected chi connectivity index (χ0v) is 14.4. The van der Waals surface area contributed by atoms with Gasteiger partial charge >= 0.3 is 0 Å². The van der Waals surface area contributed by atoms with E-state index in [4.69, 9.17) is 17.0 Å². The number of rotatable bonds is 4. The maximum absolute atomic E-state index is 11.8. The maximum atomic E-state index is 11.8. The molecule has 2 aromatic carbocycles. The SMILES string of the molecule is Cc1ccccc1COc1ccc(C=C2C(=O)NC(=S)NC2=O)cc1. The fraction of sp³-hybridized carbons (Fsp3) is 0.105. The number of hydrogen-bond donors (Lipinski definition) is 2. The van der Waals surface area contributed by atoms with E-state index in [2.05, 4.69) is 10.6 Å². The summed E-state index contributed by atoms with van der Waals surface area (Å²) in [6.45, 7) is 2.52. The van der Waals surface area contributed by atoms with Crippen molar-refractivity contribution in [2.24, 2.45) is 0 Å². The Hall–Kier alpha value is -2.99. The molecule has 3 rings (SSSR count). The van der Waals surface area contributed by atoms with Crippen LogP contribution in [0.3, 0.4) is 0 Å². The Labute approximate surface area is 150 Å². The molecule has 5 nitrogen and oxygen atoms in total. The molecule has 1 heterocycles. The molecular formula is C19H16N2O3S. The molecule has 0 aromatic heterocycles. The fourth-order valence-corrected chi connectivity index (χ4v) is 2.55. The lowest BCUT2D eigenvalue weighted by molar-refractivity contribution is -0.123. The molecule has 0 radical (unpaired) electrons. The van der Waals surface area contributed by atoms with Crippen LogP contribution in [0.1, 0.15) is 16.7 Å². The molecule has 126 valence electrons. The number of thiocarbonyl (C=S) groups is 1. The lowest BCUT2D eigenvalue weighted by Crippen LogP contribution is -2.51. The van der Waals surface area contributed by atoms with Crippen molar-refractivity contribution in [1.82, 2.24) is 10.6 Å². The second-order valence-electron chi connectivity index (χ2n) is 5.58. The van der Waals surface area contributed by atoms with Crippen molar-refractivity contribution in [3.63, 3.8) is 0 Å². The largest absolute Gasteiger partial charge is 0.489 e. The van der Waals surface area contributed by atoms with Gasteiger partial charge in [0.25, 0.3) is 11.8 Å². The zero-order valence-electron chi connectivity index (χ0n) is 13.5. The van der Waals surface area contributed by atoms with Gasteiger partial charge in [-0.1, -0.05) is 36.4 Å². The molecule has 0 saturated carbocycles. The summed E-state index contributed by atoms with van der Waals surface area (Å²) in [4.78, 5) is 23.7. The summed E-state index contributed by atoms with van der Waals surface area (Å²) in [5.74, 6) is -0.300. The van der Waals surface area contributed by atoms with Gasteiger partial charge in [0.05, 0.1) is 0 Å². The lowest BCUT2D eigenvalue weighted by Gasteiger charge is -2.16. The van der Waals surface area contributed by atoms with Crippen molar-refractivity contribution in [1.29, 1.82) is 0 Å². The second-order valence-corrected chi connectivity index (χ2v) is 5.99. The standard InChI is InChI=1S/C19H16N2O3S/c1-12-4-2-3-5-14(12)11-24-15-8-6-13(7-9-15)10-16-17(22)20-19(25)21-18(16)23/h2-10H,11H2,1H3,(H2,20,21,22,23,25). The first-order valence-electron chi connectivity index (χ1n) is 7.68. The Balaban J connectivity index is 1.69. The fourth-order valence-electron chi connectivity index (χ4n) is 2.37. The van der Waals surface area contributed by atoms with E-state index >= 15 is 0 Å². The third kappa shape index (κ3) is 4.10. The van der Waals surface area contributed by atoms with Crippen LogP contribution >= 0.6 is 12.2 Å². The van der Waals surface area contributed by atoms with Gasteiger partial charge in [-0.3, -0.25) is 20.2 Å². The number of amides is 2. The van der Waals surface area contributed by atoms with Crippen molar-refractivity contribution < 1.29 is 14.3 Å². The monoisotopic (exact) mass is 352 g/mol. The summed E-state index contributed by atoms with van der Waals surface area (Å²) in [5, 5.41) is 4.83. The van der Waals surface area contributed by atoms with E-state index < -0.39 is 11.8 Å². The summed E-state index contributed by atoms with van der Waals surface area (Å²) < 4.78 is 5.78. The number of aryl methyl sites for hydroxylation is 1. The smallest absolute Gasteiger partial charge is 0.263 e. The maximum Gasteiger partial charge on any atom is 0.263 e. The van der Waals surface area contributed by atoms with E-state index in [0.717, 1.165) is 11.1 Å². The van der Waals surface area contributed by atoms with Crippen LogP contribution in [0.4, 0.5) is 0 Å². The summed E-state index contributed by atoms with van der Waals surface area (Å²) in [6.07, 6.45) is 1.51. The van der Waals surface area contributed by atoms with E-state index in [1.807, 2.05) is 31.2 Å². The van der Waals surface area contributed by atoms with Gasteiger partial charge in [0, 0.05) is 0 Å². The van der Waals surface area contributed by atoms with E-state index in [1.54, 1.807) is 24.3 Å². The predicted octanol–water partition coefficient (Wildman–Crippen LogP) is 2.49. The Bertz CT molecular complexity index is 850. The van der Waals surface area contributed by atoms with Gasteiger partial charge in [-0.05, 0) is 54.0 Å². The average Bonchev–Trinajstić information content (AvgIpc) is 2.58.